The third kappa shape index (κ3) is 2.02. The average molecular weight is 269 g/mol. The third-order valence-electron chi connectivity index (χ3n) is 4.49. The molecule has 1 saturated heterocycles. The highest BCUT2D eigenvalue weighted by Crippen LogP contribution is 2.35. The molecule has 0 N–H and O–H groups in total. The highest BCUT2D eigenvalue weighted by atomic mass is 16.5. The molecule has 0 spiro atoms. The van der Waals surface area contributed by atoms with Gasteiger partial charge in [-0.25, -0.2) is 0 Å². The predicted octanol–water partition coefficient (Wildman–Crippen LogP) is 3.48. The number of pyridine rings is 1. The summed E-state index contributed by atoms with van der Waals surface area (Å²) in [4.78, 5) is 17.0. The molecule has 20 heavy (non-hydrogen) atoms. The Morgan fingerprint density at radius 2 is 1.95 bits per heavy atom. The molecule has 1 aromatic carbocycles. The Kier molecular flexibility index (Phi) is 3.30. The van der Waals surface area contributed by atoms with Crippen LogP contribution in [-0.4, -0.2) is 23.0 Å². The largest absolute Gasteiger partial charge is 0.374 e. The molecule has 0 radical (unpaired) electrons. The molecule has 2 aromatic rings. The van der Waals surface area contributed by atoms with Crippen molar-refractivity contribution >= 4 is 16.6 Å². The molecule has 1 fully saturated rings. The van der Waals surface area contributed by atoms with Crippen molar-refractivity contribution in [1.29, 1.82) is 0 Å². The fourth-order valence-electron chi connectivity index (χ4n) is 3.24. The van der Waals surface area contributed by atoms with Crippen LogP contribution >= 0.6 is 0 Å². The lowest BCUT2D eigenvalue weighted by molar-refractivity contribution is 0.0491. The van der Waals surface area contributed by atoms with Gasteiger partial charge in [-0.3, -0.25) is 9.78 Å². The van der Waals surface area contributed by atoms with E-state index in [9.17, 15) is 4.79 Å². The monoisotopic (exact) mass is 269 g/mol. The lowest BCUT2D eigenvalue weighted by atomic mass is 9.82. The molecule has 3 nitrogen and oxygen atoms in total. The zero-order valence-electron chi connectivity index (χ0n) is 12.0. The van der Waals surface area contributed by atoms with Crippen molar-refractivity contribution in [3.8, 4) is 0 Å². The number of hydrogen-bond donors (Lipinski definition) is 0. The third-order valence-corrected chi connectivity index (χ3v) is 4.49. The van der Waals surface area contributed by atoms with Crippen LogP contribution in [0.15, 0.2) is 36.7 Å². The van der Waals surface area contributed by atoms with E-state index in [-0.39, 0.29) is 29.8 Å². The van der Waals surface area contributed by atoms with Crippen LogP contribution in [0.25, 0.3) is 10.8 Å². The number of hydrogen-bond acceptors (Lipinski definition) is 3. The van der Waals surface area contributed by atoms with Gasteiger partial charge in [-0.1, -0.05) is 25.1 Å². The van der Waals surface area contributed by atoms with Gasteiger partial charge < -0.3 is 4.74 Å². The highest BCUT2D eigenvalue weighted by molar-refractivity contribution is 6.09. The minimum atomic E-state index is -0.0660. The molecule has 0 saturated carbocycles. The Hall–Kier alpha value is -1.74. The van der Waals surface area contributed by atoms with E-state index in [4.69, 9.17) is 4.74 Å². The first-order chi connectivity index (χ1) is 9.59. The van der Waals surface area contributed by atoms with Gasteiger partial charge in [0.25, 0.3) is 0 Å². The van der Waals surface area contributed by atoms with Gasteiger partial charge in [0.05, 0.1) is 18.1 Å². The van der Waals surface area contributed by atoms with Crippen LogP contribution in [0.2, 0.25) is 0 Å². The second kappa shape index (κ2) is 4.98. The number of benzene rings is 1. The van der Waals surface area contributed by atoms with Crippen molar-refractivity contribution in [1.82, 2.24) is 4.98 Å². The summed E-state index contributed by atoms with van der Waals surface area (Å²) < 4.78 is 5.81. The van der Waals surface area contributed by atoms with Gasteiger partial charge in [0.15, 0.2) is 5.78 Å². The first-order valence-corrected chi connectivity index (χ1v) is 7.12. The van der Waals surface area contributed by atoms with Gasteiger partial charge in [0.1, 0.15) is 0 Å². The van der Waals surface area contributed by atoms with Gasteiger partial charge in [-0.2, -0.15) is 0 Å². The van der Waals surface area contributed by atoms with Crippen LogP contribution in [0.5, 0.6) is 0 Å². The molecule has 1 aliphatic heterocycles. The summed E-state index contributed by atoms with van der Waals surface area (Å²) in [6, 6.07) is 7.73. The average Bonchev–Trinajstić information content (AvgIpc) is 2.71. The lowest BCUT2D eigenvalue weighted by Crippen LogP contribution is -2.27. The van der Waals surface area contributed by atoms with Crippen molar-refractivity contribution in [2.24, 2.45) is 11.8 Å². The molecule has 0 amide bonds. The van der Waals surface area contributed by atoms with Crippen molar-refractivity contribution in [3.63, 3.8) is 0 Å². The van der Waals surface area contributed by atoms with Crippen LogP contribution in [0.4, 0.5) is 0 Å². The number of aromatic nitrogens is 1. The first kappa shape index (κ1) is 13.3. The maximum atomic E-state index is 12.9. The number of carbonyl (C=O) groups is 1. The van der Waals surface area contributed by atoms with Crippen molar-refractivity contribution in [2.45, 2.75) is 33.0 Å². The molecule has 104 valence electrons. The Bertz CT molecular complexity index is 647. The number of ether oxygens (including phenoxy) is 1. The predicted molar refractivity (Wildman–Crippen MR) is 78.7 cm³/mol. The SMILES string of the molecule is CC1OC(C)C(C(=O)c2cccc3cnccc23)C1C. The van der Waals surface area contributed by atoms with E-state index in [1.165, 1.54) is 0 Å². The molecule has 1 aliphatic rings. The second-order valence-electron chi connectivity index (χ2n) is 5.70. The number of rotatable bonds is 2. The topological polar surface area (TPSA) is 39.2 Å². The van der Waals surface area contributed by atoms with Crippen LogP contribution in [-0.2, 0) is 4.74 Å². The Labute approximate surface area is 119 Å². The lowest BCUT2D eigenvalue weighted by Gasteiger charge is -2.18. The van der Waals surface area contributed by atoms with Gasteiger partial charge >= 0.3 is 0 Å². The number of Topliss-reactive ketones (excluding diaryl/α,β-unsaturated/α-hetero) is 1. The van der Waals surface area contributed by atoms with E-state index < -0.39 is 0 Å². The zero-order chi connectivity index (χ0) is 14.3. The van der Waals surface area contributed by atoms with Crippen LogP contribution < -0.4 is 0 Å². The maximum Gasteiger partial charge on any atom is 0.169 e. The van der Waals surface area contributed by atoms with Crippen LogP contribution in [0.1, 0.15) is 31.1 Å². The minimum absolute atomic E-state index is 0.0235. The van der Waals surface area contributed by atoms with Gasteiger partial charge in [-0.15, -0.1) is 0 Å². The van der Waals surface area contributed by atoms with Crippen molar-refractivity contribution in [3.05, 3.63) is 42.2 Å². The van der Waals surface area contributed by atoms with E-state index in [0.717, 1.165) is 16.3 Å². The first-order valence-electron chi connectivity index (χ1n) is 7.12. The normalized spacial score (nSPS) is 29.8. The Morgan fingerprint density at radius 3 is 2.65 bits per heavy atom. The highest BCUT2D eigenvalue weighted by Gasteiger charge is 2.41. The zero-order valence-corrected chi connectivity index (χ0v) is 12.0. The summed E-state index contributed by atoms with van der Waals surface area (Å²) in [6.07, 6.45) is 3.65. The van der Waals surface area contributed by atoms with Crippen molar-refractivity contribution in [2.75, 3.05) is 0 Å². The molecule has 0 aliphatic carbocycles. The Morgan fingerprint density at radius 1 is 1.15 bits per heavy atom. The second-order valence-corrected chi connectivity index (χ2v) is 5.70. The standard InChI is InChI=1S/C17H19NO2/c1-10-11(2)20-12(3)16(10)17(19)15-6-4-5-13-9-18-8-7-14(13)15/h4-12,16H,1-3H3. The van der Waals surface area contributed by atoms with Gasteiger partial charge in [-0.05, 0) is 31.2 Å². The molecule has 0 bridgehead atoms. The van der Waals surface area contributed by atoms with Crippen molar-refractivity contribution < 1.29 is 9.53 Å². The van der Waals surface area contributed by atoms with E-state index >= 15 is 0 Å². The van der Waals surface area contributed by atoms with E-state index in [1.54, 1.807) is 12.4 Å². The van der Waals surface area contributed by atoms with E-state index in [0.29, 0.717) is 0 Å². The summed E-state index contributed by atoms with van der Waals surface area (Å²) >= 11 is 0. The van der Waals surface area contributed by atoms with Crippen LogP contribution in [0.3, 0.4) is 0 Å². The number of fused-ring (bicyclic) bond motifs is 1. The number of nitrogens with zero attached hydrogens (tertiary/aromatic N) is 1. The quantitative estimate of drug-likeness (QED) is 0.784. The molecular formula is C17H19NO2. The van der Waals surface area contributed by atoms with E-state index in [1.807, 2.05) is 38.1 Å². The van der Waals surface area contributed by atoms with Crippen LogP contribution in [0, 0.1) is 11.8 Å². The molecule has 1 aromatic heterocycles. The molecule has 4 unspecified atom stereocenters. The maximum absolute atomic E-state index is 12.9. The summed E-state index contributed by atoms with van der Waals surface area (Å²) in [7, 11) is 0. The summed E-state index contributed by atoms with van der Waals surface area (Å²) in [5.41, 5.74) is 0.784. The summed E-state index contributed by atoms with van der Waals surface area (Å²) in [5, 5.41) is 1.98. The summed E-state index contributed by atoms with van der Waals surface area (Å²) in [6.45, 7) is 6.14. The molecule has 2 heterocycles. The number of carbonyl (C=O) groups excluding carboxylic acids is 1. The Balaban J connectivity index is 2.05. The molecule has 3 heteroatoms. The van der Waals surface area contributed by atoms with E-state index in [2.05, 4.69) is 11.9 Å². The molecular weight excluding hydrogens is 250 g/mol. The summed E-state index contributed by atoms with van der Waals surface area (Å²) in [5.74, 6) is 0.365. The fraction of sp³-hybridized carbons (Fsp3) is 0.412. The number of ketones is 1. The van der Waals surface area contributed by atoms with Gasteiger partial charge in [0.2, 0.25) is 0 Å². The van der Waals surface area contributed by atoms with Gasteiger partial charge in [0, 0.05) is 23.3 Å². The molecule has 3 rings (SSSR count). The fourth-order valence-corrected chi connectivity index (χ4v) is 3.24. The smallest absolute Gasteiger partial charge is 0.169 e. The minimum Gasteiger partial charge on any atom is -0.374 e. The molecule has 4 atom stereocenters.